The number of nitrogens with one attached hydrogen (secondary N) is 1. The van der Waals surface area contributed by atoms with Crippen molar-refractivity contribution in [1.82, 2.24) is 15.3 Å². The van der Waals surface area contributed by atoms with Crippen molar-refractivity contribution in [3.05, 3.63) is 23.8 Å². The molecule has 0 spiro atoms. The van der Waals surface area contributed by atoms with E-state index < -0.39 is 0 Å². The summed E-state index contributed by atoms with van der Waals surface area (Å²) in [7, 11) is 0. The van der Waals surface area contributed by atoms with Gasteiger partial charge in [0.1, 0.15) is 5.82 Å². The van der Waals surface area contributed by atoms with Gasteiger partial charge in [0.15, 0.2) is 0 Å². The SMILES string of the molecule is CC(C)NCc1cnc(C(C)(C)C)nc1. The number of hydrogen-bond donors (Lipinski definition) is 1. The van der Waals surface area contributed by atoms with Crippen LogP contribution in [-0.4, -0.2) is 16.0 Å². The van der Waals surface area contributed by atoms with Gasteiger partial charge in [-0.05, 0) is 0 Å². The van der Waals surface area contributed by atoms with Crippen LogP contribution in [0.3, 0.4) is 0 Å². The highest BCUT2D eigenvalue weighted by Crippen LogP contribution is 2.16. The normalized spacial score (nSPS) is 12.1. The summed E-state index contributed by atoms with van der Waals surface area (Å²) in [5.41, 5.74) is 1.17. The van der Waals surface area contributed by atoms with Crippen LogP contribution in [0.1, 0.15) is 46.0 Å². The van der Waals surface area contributed by atoms with Gasteiger partial charge in [-0.15, -0.1) is 0 Å². The zero-order valence-corrected chi connectivity index (χ0v) is 10.3. The van der Waals surface area contributed by atoms with Crippen LogP contribution >= 0.6 is 0 Å². The number of aromatic nitrogens is 2. The lowest BCUT2D eigenvalue weighted by atomic mass is 9.96. The van der Waals surface area contributed by atoms with E-state index in [2.05, 4.69) is 49.9 Å². The molecule has 0 unspecified atom stereocenters. The van der Waals surface area contributed by atoms with Crippen molar-refractivity contribution in [2.45, 2.75) is 52.6 Å². The highest BCUT2D eigenvalue weighted by molar-refractivity contribution is 5.09. The molecule has 0 amide bonds. The molecule has 0 bridgehead atoms. The maximum Gasteiger partial charge on any atom is 0.133 e. The van der Waals surface area contributed by atoms with Gasteiger partial charge in [0, 0.05) is 36.0 Å². The van der Waals surface area contributed by atoms with E-state index >= 15 is 0 Å². The van der Waals surface area contributed by atoms with Crippen molar-refractivity contribution < 1.29 is 0 Å². The molecule has 0 aliphatic rings. The summed E-state index contributed by atoms with van der Waals surface area (Å²) in [5.74, 6) is 0.899. The van der Waals surface area contributed by atoms with E-state index in [4.69, 9.17) is 0 Å². The van der Waals surface area contributed by atoms with E-state index in [0.29, 0.717) is 6.04 Å². The van der Waals surface area contributed by atoms with Gasteiger partial charge in [0.2, 0.25) is 0 Å². The molecule has 3 nitrogen and oxygen atoms in total. The van der Waals surface area contributed by atoms with Gasteiger partial charge in [0.05, 0.1) is 0 Å². The Hall–Kier alpha value is -0.960. The molecule has 15 heavy (non-hydrogen) atoms. The largest absolute Gasteiger partial charge is 0.310 e. The molecule has 0 fully saturated rings. The van der Waals surface area contributed by atoms with Gasteiger partial charge in [0.25, 0.3) is 0 Å². The van der Waals surface area contributed by atoms with Crippen LogP contribution in [0.15, 0.2) is 12.4 Å². The van der Waals surface area contributed by atoms with Gasteiger partial charge in [-0.1, -0.05) is 34.6 Å². The smallest absolute Gasteiger partial charge is 0.133 e. The zero-order chi connectivity index (χ0) is 11.5. The summed E-state index contributed by atoms with van der Waals surface area (Å²) in [6.07, 6.45) is 3.81. The molecule has 0 radical (unpaired) electrons. The molecule has 84 valence electrons. The number of hydrogen-bond acceptors (Lipinski definition) is 3. The molecule has 0 saturated carbocycles. The molecule has 0 saturated heterocycles. The third-order valence-electron chi connectivity index (χ3n) is 2.09. The van der Waals surface area contributed by atoms with Crippen molar-refractivity contribution in [3.63, 3.8) is 0 Å². The maximum atomic E-state index is 4.38. The molecule has 3 heteroatoms. The first kappa shape index (κ1) is 12.1. The predicted molar refractivity (Wildman–Crippen MR) is 62.7 cm³/mol. The van der Waals surface area contributed by atoms with Crippen LogP contribution in [-0.2, 0) is 12.0 Å². The first-order valence-corrected chi connectivity index (χ1v) is 5.44. The van der Waals surface area contributed by atoms with E-state index in [1.807, 2.05) is 12.4 Å². The fraction of sp³-hybridized carbons (Fsp3) is 0.667. The molecular formula is C12H21N3. The highest BCUT2D eigenvalue weighted by atomic mass is 14.9. The summed E-state index contributed by atoms with van der Waals surface area (Å²) in [6, 6.07) is 0.493. The summed E-state index contributed by atoms with van der Waals surface area (Å²) in [5, 5.41) is 3.34. The van der Waals surface area contributed by atoms with Crippen molar-refractivity contribution in [2.75, 3.05) is 0 Å². The van der Waals surface area contributed by atoms with Gasteiger partial charge >= 0.3 is 0 Å². The van der Waals surface area contributed by atoms with Gasteiger partial charge in [-0.3, -0.25) is 0 Å². The Bertz CT molecular complexity index is 296. The van der Waals surface area contributed by atoms with E-state index in [-0.39, 0.29) is 5.41 Å². The van der Waals surface area contributed by atoms with Crippen molar-refractivity contribution >= 4 is 0 Å². The third kappa shape index (κ3) is 3.96. The standard InChI is InChI=1S/C12H21N3/c1-9(2)13-6-10-7-14-11(15-8-10)12(3,4)5/h7-9,13H,6H2,1-5H3. The minimum absolute atomic E-state index is 0.0318. The summed E-state index contributed by atoms with van der Waals surface area (Å²) in [6.45, 7) is 11.5. The first-order chi connectivity index (χ1) is 6.89. The quantitative estimate of drug-likeness (QED) is 0.826. The Morgan fingerprint density at radius 2 is 1.73 bits per heavy atom. The van der Waals surface area contributed by atoms with E-state index in [1.54, 1.807) is 0 Å². The second-order valence-corrected chi connectivity index (χ2v) is 5.20. The summed E-state index contributed by atoms with van der Waals surface area (Å²) < 4.78 is 0. The molecule has 1 aromatic heterocycles. The van der Waals surface area contributed by atoms with Crippen LogP contribution in [0.2, 0.25) is 0 Å². The number of nitrogens with zero attached hydrogens (tertiary/aromatic N) is 2. The second-order valence-electron chi connectivity index (χ2n) is 5.20. The van der Waals surface area contributed by atoms with Crippen LogP contribution in [0.5, 0.6) is 0 Å². The van der Waals surface area contributed by atoms with Crippen LogP contribution in [0, 0.1) is 0 Å². The minimum Gasteiger partial charge on any atom is -0.310 e. The van der Waals surface area contributed by atoms with Gasteiger partial charge in [-0.2, -0.15) is 0 Å². The lowest BCUT2D eigenvalue weighted by Crippen LogP contribution is -2.22. The minimum atomic E-state index is 0.0318. The summed E-state index contributed by atoms with van der Waals surface area (Å²) >= 11 is 0. The fourth-order valence-electron chi connectivity index (χ4n) is 1.16. The van der Waals surface area contributed by atoms with Crippen LogP contribution in [0.4, 0.5) is 0 Å². The lowest BCUT2D eigenvalue weighted by molar-refractivity contribution is 0.539. The Balaban J connectivity index is 2.65. The molecule has 1 N–H and O–H groups in total. The Morgan fingerprint density at radius 3 is 2.13 bits per heavy atom. The Labute approximate surface area is 92.3 Å². The molecule has 1 heterocycles. The van der Waals surface area contributed by atoms with Gasteiger partial charge < -0.3 is 5.32 Å². The molecule has 0 atom stereocenters. The topological polar surface area (TPSA) is 37.8 Å². The van der Waals surface area contributed by atoms with E-state index in [9.17, 15) is 0 Å². The van der Waals surface area contributed by atoms with E-state index in [1.165, 1.54) is 0 Å². The Morgan fingerprint density at radius 1 is 1.20 bits per heavy atom. The first-order valence-electron chi connectivity index (χ1n) is 5.44. The maximum absolute atomic E-state index is 4.38. The lowest BCUT2D eigenvalue weighted by Gasteiger charge is -2.16. The van der Waals surface area contributed by atoms with Crippen LogP contribution in [0.25, 0.3) is 0 Å². The predicted octanol–water partition coefficient (Wildman–Crippen LogP) is 2.27. The molecule has 0 aliphatic heterocycles. The number of rotatable bonds is 3. The Kier molecular flexibility index (Phi) is 3.80. The van der Waals surface area contributed by atoms with Crippen molar-refractivity contribution in [2.24, 2.45) is 0 Å². The van der Waals surface area contributed by atoms with Crippen molar-refractivity contribution in [1.29, 1.82) is 0 Å². The van der Waals surface area contributed by atoms with Crippen molar-refractivity contribution in [3.8, 4) is 0 Å². The molecular weight excluding hydrogens is 186 g/mol. The fourth-order valence-corrected chi connectivity index (χ4v) is 1.16. The second kappa shape index (κ2) is 4.71. The monoisotopic (exact) mass is 207 g/mol. The molecule has 0 aliphatic carbocycles. The average molecular weight is 207 g/mol. The van der Waals surface area contributed by atoms with Gasteiger partial charge in [-0.25, -0.2) is 9.97 Å². The molecule has 0 aromatic carbocycles. The molecule has 1 rings (SSSR count). The highest BCUT2D eigenvalue weighted by Gasteiger charge is 2.16. The average Bonchev–Trinajstić information content (AvgIpc) is 2.14. The third-order valence-corrected chi connectivity index (χ3v) is 2.09. The summed E-state index contributed by atoms with van der Waals surface area (Å²) in [4.78, 5) is 8.75. The van der Waals surface area contributed by atoms with E-state index in [0.717, 1.165) is 17.9 Å². The van der Waals surface area contributed by atoms with Crippen LogP contribution < -0.4 is 5.32 Å². The molecule has 1 aromatic rings. The zero-order valence-electron chi connectivity index (χ0n) is 10.3.